The highest BCUT2D eigenvalue weighted by molar-refractivity contribution is 5.95. The molecular weight excluding hydrogens is 520 g/mol. The normalized spacial score (nSPS) is 10.4. The van der Waals surface area contributed by atoms with E-state index in [1.807, 2.05) is 91.0 Å². The molecule has 0 unspecified atom stereocenters. The maximum absolute atomic E-state index is 13.1. The highest BCUT2D eigenvalue weighted by Crippen LogP contribution is 2.32. The third-order valence-corrected chi connectivity index (χ3v) is 6.05. The van der Waals surface area contributed by atoms with Crippen LogP contribution in [0.2, 0.25) is 0 Å². The van der Waals surface area contributed by atoms with Gasteiger partial charge < -0.3 is 24.8 Å². The molecule has 4 aromatic carbocycles. The molecule has 4 rings (SSSR count). The molecule has 0 bridgehead atoms. The van der Waals surface area contributed by atoms with Crippen LogP contribution >= 0.6 is 0 Å². The maximum atomic E-state index is 13.1. The van der Waals surface area contributed by atoms with Gasteiger partial charge in [-0.25, -0.2) is 9.59 Å². The summed E-state index contributed by atoms with van der Waals surface area (Å²) in [7, 11) is 0. The molecule has 0 heterocycles. The zero-order valence-corrected chi connectivity index (χ0v) is 22.8. The molecule has 0 saturated carbocycles. The maximum Gasteiger partial charge on any atom is 0.407 e. The number of rotatable bonds is 12. The Morgan fingerprint density at radius 3 is 1.78 bits per heavy atom. The molecule has 0 atom stereocenters. The van der Waals surface area contributed by atoms with Gasteiger partial charge in [-0.1, -0.05) is 91.0 Å². The van der Waals surface area contributed by atoms with Crippen LogP contribution in [-0.4, -0.2) is 24.5 Å². The minimum absolute atomic E-state index is 0.109. The van der Waals surface area contributed by atoms with Crippen molar-refractivity contribution in [3.63, 3.8) is 0 Å². The topological polar surface area (TPSA) is 103 Å². The summed E-state index contributed by atoms with van der Waals surface area (Å²) in [6, 6.07) is 31.5. The highest BCUT2D eigenvalue weighted by atomic mass is 16.5. The lowest BCUT2D eigenvalue weighted by molar-refractivity contribution is -0.114. The Balaban J connectivity index is 1.51. The molecule has 0 aliphatic rings. The van der Waals surface area contributed by atoms with Crippen LogP contribution in [0.25, 0.3) is 0 Å². The predicted molar refractivity (Wildman–Crippen MR) is 155 cm³/mol. The molecule has 0 aliphatic carbocycles. The first-order valence-corrected chi connectivity index (χ1v) is 13.2. The van der Waals surface area contributed by atoms with E-state index in [0.717, 1.165) is 16.7 Å². The number of carbonyl (C=O) groups excluding carboxylic acids is 3. The molecular formula is C33H32N2O6. The van der Waals surface area contributed by atoms with Gasteiger partial charge in [-0.3, -0.25) is 4.79 Å². The second-order valence-corrected chi connectivity index (χ2v) is 9.26. The monoisotopic (exact) mass is 552 g/mol. The van der Waals surface area contributed by atoms with Gasteiger partial charge in [-0.15, -0.1) is 0 Å². The fraction of sp³-hybridized carbons (Fsp3) is 0.182. The van der Waals surface area contributed by atoms with Crippen LogP contribution in [-0.2, 0) is 40.5 Å². The first-order chi connectivity index (χ1) is 20.0. The molecule has 210 valence electrons. The third-order valence-electron chi connectivity index (χ3n) is 6.05. The van der Waals surface area contributed by atoms with Gasteiger partial charge in [-0.2, -0.15) is 0 Å². The van der Waals surface area contributed by atoms with Gasteiger partial charge in [0, 0.05) is 13.5 Å². The van der Waals surface area contributed by atoms with Gasteiger partial charge in [-0.05, 0) is 40.8 Å². The lowest BCUT2D eigenvalue weighted by Crippen LogP contribution is -2.26. The molecule has 2 N–H and O–H groups in total. The fourth-order valence-electron chi connectivity index (χ4n) is 4.04. The molecule has 2 amide bonds. The zero-order chi connectivity index (χ0) is 28.9. The number of esters is 1. The molecule has 41 heavy (non-hydrogen) atoms. The summed E-state index contributed by atoms with van der Waals surface area (Å²) >= 11 is 0. The van der Waals surface area contributed by atoms with Crippen LogP contribution in [0.3, 0.4) is 0 Å². The number of nitrogens with one attached hydrogen (secondary N) is 2. The van der Waals surface area contributed by atoms with Crippen molar-refractivity contribution in [1.82, 2.24) is 5.32 Å². The molecule has 8 nitrogen and oxygen atoms in total. The minimum Gasteiger partial charge on any atom is -0.487 e. The summed E-state index contributed by atoms with van der Waals surface area (Å²) in [6.45, 7) is 2.06. The number of benzene rings is 4. The minimum atomic E-state index is -0.575. The standard InChI is InChI=1S/C33H32N2O6/c1-24(36)35-31-28(17-18-34-33(38)41-23-27-15-9-4-10-16-27)19-29(32(37)40-22-26-13-7-3-8-14-26)20-30(31)39-21-25-11-5-2-6-12-25/h2-16,19-20H,17-18,21-23H2,1H3,(H,34,38)(H,35,36). The number of hydrogen-bond donors (Lipinski definition) is 2. The highest BCUT2D eigenvalue weighted by Gasteiger charge is 2.19. The van der Waals surface area contributed by atoms with Gasteiger partial charge in [0.2, 0.25) is 5.91 Å². The number of amides is 2. The van der Waals surface area contributed by atoms with Crippen molar-refractivity contribution in [2.24, 2.45) is 0 Å². The summed E-state index contributed by atoms with van der Waals surface area (Å²) in [5.41, 5.74) is 3.93. The van der Waals surface area contributed by atoms with Crippen LogP contribution in [0, 0.1) is 0 Å². The number of ether oxygens (including phenoxy) is 3. The SMILES string of the molecule is CC(=O)Nc1c(CCNC(=O)OCc2ccccc2)cc(C(=O)OCc2ccccc2)cc1OCc1ccccc1. The van der Waals surface area contributed by atoms with E-state index in [1.165, 1.54) is 6.92 Å². The number of alkyl carbamates (subject to hydrolysis) is 1. The third kappa shape index (κ3) is 9.25. The smallest absolute Gasteiger partial charge is 0.407 e. The molecule has 4 aromatic rings. The van der Waals surface area contributed by atoms with E-state index in [9.17, 15) is 14.4 Å². The molecule has 0 saturated heterocycles. The summed E-state index contributed by atoms with van der Waals surface area (Å²) in [6.07, 6.45) is -0.286. The Morgan fingerprint density at radius 2 is 1.22 bits per heavy atom. The van der Waals surface area contributed by atoms with Crippen molar-refractivity contribution in [3.05, 3.63) is 131 Å². The van der Waals surface area contributed by atoms with E-state index in [1.54, 1.807) is 12.1 Å². The average molecular weight is 553 g/mol. The Bertz CT molecular complexity index is 1440. The van der Waals surface area contributed by atoms with Crippen molar-refractivity contribution in [3.8, 4) is 5.75 Å². The lowest BCUT2D eigenvalue weighted by Gasteiger charge is -2.18. The van der Waals surface area contributed by atoms with E-state index in [2.05, 4.69) is 10.6 Å². The van der Waals surface area contributed by atoms with Crippen molar-refractivity contribution in [2.45, 2.75) is 33.2 Å². The van der Waals surface area contributed by atoms with Gasteiger partial charge in [0.1, 0.15) is 25.6 Å². The first kappa shape index (κ1) is 28.9. The lowest BCUT2D eigenvalue weighted by atomic mass is 10.0. The van der Waals surface area contributed by atoms with Crippen LogP contribution in [0.5, 0.6) is 5.75 Å². The summed E-state index contributed by atoms with van der Waals surface area (Å²) in [5.74, 6) is -0.519. The fourth-order valence-corrected chi connectivity index (χ4v) is 4.04. The van der Waals surface area contributed by atoms with Crippen LogP contribution in [0.4, 0.5) is 10.5 Å². The second kappa shape index (κ2) is 14.9. The number of anilines is 1. The summed E-state index contributed by atoms with van der Waals surface area (Å²) in [5, 5.41) is 5.55. The first-order valence-electron chi connectivity index (χ1n) is 13.2. The van der Waals surface area contributed by atoms with Gasteiger partial charge in [0.25, 0.3) is 0 Å². The van der Waals surface area contributed by atoms with Crippen molar-refractivity contribution in [2.75, 3.05) is 11.9 Å². The Labute approximate surface area is 239 Å². The zero-order valence-electron chi connectivity index (χ0n) is 22.8. The quantitative estimate of drug-likeness (QED) is 0.208. The van der Waals surface area contributed by atoms with Gasteiger partial charge >= 0.3 is 12.1 Å². The molecule has 0 aromatic heterocycles. The Kier molecular flexibility index (Phi) is 10.5. The number of carbonyl (C=O) groups is 3. The van der Waals surface area contributed by atoms with Crippen molar-refractivity contribution < 1.29 is 28.6 Å². The molecule has 0 radical (unpaired) electrons. The average Bonchev–Trinajstić information content (AvgIpc) is 3.00. The van der Waals surface area contributed by atoms with Crippen molar-refractivity contribution in [1.29, 1.82) is 0 Å². The Morgan fingerprint density at radius 1 is 0.683 bits per heavy atom. The van der Waals surface area contributed by atoms with Gasteiger partial charge in [0.05, 0.1) is 11.3 Å². The van der Waals surface area contributed by atoms with Gasteiger partial charge in [0.15, 0.2) is 0 Å². The van der Waals surface area contributed by atoms with Crippen molar-refractivity contribution >= 4 is 23.7 Å². The molecule has 0 spiro atoms. The largest absolute Gasteiger partial charge is 0.487 e. The van der Waals surface area contributed by atoms with E-state index >= 15 is 0 Å². The number of hydrogen-bond acceptors (Lipinski definition) is 6. The molecule has 0 aliphatic heterocycles. The van der Waals surface area contributed by atoms with Crippen LogP contribution < -0.4 is 15.4 Å². The molecule has 0 fully saturated rings. The molecule has 8 heteroatoms. The Hall–Kier alpha value is -5.11. The predicted octanol–water partition coefficient (Wildman–Crippen LogP) is 6.05. The summed E-state index contributed by atoms with van der Waals surface area (Å²) < 4.78 is 16.9. The van der Waals surface area contributed by atoms with E-state index < -0.39 is 12.1 Å². The van der Waals surface area contributed by atoms with E-state index in [4.69, 9.17) is 14.2 Å². The van der Waals surface area contributed by atoms with E-state index in [-0.39, 0.29) is 44.3 Å². The summed E-state index contributed by atoms with van der Waals surface area (Å²) in [4.78, 5) is 37.5. The van der Waals surface area contributed by atoms with Crippen LogP contribution in [0.15, 0.2) is 103 Å². The van der Waals surface area contributed by atoms with Crippen LogP contribution in [0.1, 0.15) is 39.5 Å². The van der Waals surface area contributed by atoms with E-state index in [0.29, 0.717) is 17.0 Å². The second-order valence-electron chi connectivity index (χ2n) is 9.26.